The van der Waals surface area contributed by atoms with Gasteiger partial charge in [0.25, 0.3) is 0 Å². The number of nitrogens with two attached hydrogens (primary N) is 1. The Bertz CT molecular complexity index is 810. The smallest absolute Gasteiger partial charge is 0.222 e. The molecule has 0 fully saturated rings. The summed E-state index contributed by atoms with van der Waals surface area (Å²) in [5, 5.41) is 1.25. The van der Waals surface area contributed by atoms with E-state index in [1.165, 1.54) is 10.9 Å². The standard InChI is InChI=1S/C21H25N3O/c22-13-14-24(16-17-7-2-1-3-8-17)21(25)12-6-9-18-15-23-20-11-5-4-10-19(18)20/h1-5,7-8,10-11,15,23H,6,9,12-14,16,22H2. The number of nitrogens with one attached hydrogen (secondary N) is 1. The summed E-state index contributed by atoms with van der Waals surface area (Å²) in [5.74, 6) is 0.175. The van der Waals surface area contributed by atoms with Crippen molar-refractivity contribution < 1.29 is 4.79 Å². The van der Waals surface area contributed by atoms with E-state index in [1.54, 1.807) is 0 Å². The lowest BCUT2D eigenvalue weighted by atomic mass is 10.1. The van der Waals surface area contributed by atoms with E-state index in [9.17, 15) is 4.79 Å². The van der Waals surface area contributed by atoms with Crippen molar-refractivity contribution >= 4 is 16.8 Å². The van der Waals surface area contributed by atoms with E-state index in [0.29, 0.717) is 26.1 Å². The van der Waals surface area contributed by atoms with Crippen molar-refractivity contribution in [1.82, 2.24) is 9.88 Å². The Morgan fingerprint density at radius 3 is 2.60 bits per heavy atom. The molecule has 0 aliphatic rings. The van der Waals surface area contributed by atoms with Crippen LogP contribution in [0.5, 0.6) is 0 Å². The van der Waals surface area contributed by atoms with Crippen molar-refractivity contribution in [2.45, 2.75) is 25.8 Å². The lowest BCUT2D eigenvalue weighted by Gasteiger charge is -2.22. The summed E-state index contributed by atoms with van der Waals surface area (Å²) in [6.45, 7) is 1.71. The third-order valence-corrected chi connectivity index (χ3v) is 4.48. The molecule has 130 valence electrons. The third kappa shape index (κ3) is 4.48. The molecular formula is C21H25N3O. The van der Waals surface area contributed by atoms with Gasteiger partial charge >= 0.3 is 0 Å². The van der Waals surface area contributed by atoms with Crippen LogP contribution in [0.4, 0.5) is 0 Å². The van der Waals surface area contributed by atoms with Crippen molar-refractivity contribution in [3.8, 4) is 0 Å². The molecule has 0 unspecified atom stereocenters. The van der Waals surface area contributed by atoms with Gasteiger partial charge in [0.1, 0.15) is 0 Å². The van der Waals surface area contributed by atoms with Gasteiger partial charge in [-0.1, -0.05) is 48.5 Å². The molecule has 4 nitrogen and oxygen atoms in total. The topological polar surface area (TPSA) is 62.1 Å². The fourth-order valence-electron chi connectivity index (χ4n) is 3.18. The van der Waals surface area contributed by atoms with Crippen molar-refractivity contribution in [2.24, 2.45) is 5.73 Å². The Morgan fingerprint density at radius 2 is 1.80 bits per heavy atom. The van der Waals surface area contributed by atoms with Crippen LogP contribution in [-0.4, -0.2) is 28.9 Å². The molecule has 0 atom stereocenters. The number of H-pyrrole nitrogens is 1. The highest BCUT2D eigenvalue weighted by Crippen LogP contribution is 2.19. The normalized spacial score (nSPS) is 10.9. The number of benzene rings is 2. The molecule has 3 aromatic rings. The zero-order valence-electron chi connectivity index (χ0n) is 14.4. The molecule has 0 saturated carbocycles. The maximum absolute atomic E-state index is 12.6. The van der Waals surface area contributed by atoms with Crippen LogP contribution in [0.2, 0.25) is 0 Å². The molecular weight excluding hydrogens is 310 g/mol. The number of aromatic amines is 1. The van der Waals surface area contributed by atoms with Gasteiger partial charge in [-0.15, -0.1) is 0 Å². The minimum atomic E-state index is 0.175. The first kappa shape index (κ1) is 17.2. The number of carbonyl (C=O) groups is 1. The van der Waals surface area contributed by atoms with E-state index in [2.05, 4.69) is 23.3 Å². The van der Waals surface area contributed by atoms with E-state index in [0.717, 1.165) is 23.9 Å². The molecule has 3 N–H and O–H groups in total. The van der Waals surface area contributed by atoms with Gasteiger partial charge in [-0.25, -0.2) is 0 Å². The largest absolute Gasteiger partial charge is 0.361 e. The predicted molar refractivity (Wildman–Crippen MR) is 102 cm³/mol. The van der Waals surface area contributed by atoms with E-state index in [-0.39, 0.29) is 5.91 Å². The summed E-state index contributed by atoms with van der Waals surface area (Å²) in [7, 11) is 0. The second-order valence-corrected chi connectivity index (χ2v) is 6.30. The van der Waals surface area contributed by atoms with Crippen molar-refractivity contribution in [3.05, 3.63) is 71.9 Å². The van der Waals surface area contributed by atoms with E-state index < -0.39 is 0 Å². The first-order chi connectivity index (χ1) is 12.3. The Balaban J connectivity index is 1.56. The zero-order valence-corrected chi connectivity index (χ0v) is 14.4. The van der Waals surface area contributed by atoms with Crippen LogP contribution in [0.1, 0.15) is 24.0 Å². The van der Waals surface area contributed by atoms with Gasteiger partial charge in [-0.05, 0) is 30.0 Å². The van der Waals surface area contributed by atoms with Gasteiger partial charge in [-0.2, -0.15) is 0 Å². The number of nitrogens with zero attached hydrogens (tertiary/aromatic N) is 1. The van der Waals surface area contributed by atoms with E-state index in [4.69, 9.17) is 5.73 Å². The van der Waals surface area contributed by atoms with Crippen LogP contribution in [-0.2, 0) is 17.8 Å². The summed E-state index contributed by atoms with van der Waals surface area (Å²) < 4.78 is 0. The number of fused-ring (bicyclic) bond motifs is 1. The summed E-state index contributed by atoms with van der Waals surface area (Å²) in [4.78, 5) is 17.7. The number of carbonyl (C=O) groups excluding carboxylic acids is 1. The number of aryl methyl sites for hydroxylation is 1. The Morgan fingerprint density at radius 1 is 1.04 bits per heavy atom. The number of hydrogen-bond acceptors (Lipinski definition) is 2. The Hall–Kier alpha value is -2.59. The molecule has 3 rings (SSSR count). The van der Waals surface area contributed by atoms with E-state index in [1.807, 2.05) is 47.4 Å². The molecule has 0 bridgehead atoms. The lowest BCUT2D eigenvalue weighted by molar-refractivity contribution is -0.131. The first-order valence-corrected chi connectivity index (χ1v) is 8.84. The number of aromatic nitrogens is 1. The molecule has 25 heavy (non-hydrogen) atoms. The highest BCUT2D eigenvalue weighted by atomic mass is 16.2. The van der Waals surface area contributed by atoms with Crippen molar-refractivity contribution in [2.75, 3.05) is 13.1 Å². The fourth-order valence-corrected chi connectivity index (χ4v) is 3.18. The Kier molecular flexibility index (Phi) is 5.86. The summed E-state index contributed by atoms with van der Waals surface area (Å²) in [6.07, 6.45) is 4.34. The molecule has 2 aromatic carbocycles. The van der Waals surface area contributed by atoms with Crippen molar-refractivity contribution in [1.29, 1.82) is 0 Å². The van der Waals surface area contributed by atoms with Gasteiger partial charge in [0, 0.05) is 43.2 Å². The first-order valence-electron chi connectivity index (χ1n) is 8.84. The number of para-hydroxylation sites is 1. The molecule has 0 aliphatic carbocycles. The van der Waals surface area contributed by atoms with Gasteiger partial charge in [0.2, 0.25) is 5.91 Å². The van der Waals surface area contributed by atoms with Crippen LogP contribution in [0.15, 0.2) is 60.8 Å². The van der Waals surface area contributed by atoms with E-state index >= 15 is 0 Å². The molecule has 4 heteroatoms. The highest BCUT2D eigenvalue weighted by molar-refractivity contribution is 5.83. The van der Waals surface area contributed by atoms with Gasteiger partial charge in [0.15, 0.2) is 0 Å². The monoisotopic (exact) mass is 335 g/mol. The van der Waals surface area contributed by atoms with Crippen LogP contribution >= 0.6 is 0 Å². The maximum atomic E-state index is 12.6. The second-order valence-electron chi connectivity index (χ2n) is 6.30. The summed E-state index contributed by atoms with van der Waals surface area (Å²) in [5.41, 5.74) is 9.26. The third-order valence-electron chi connectivity index (χ3n) is 4.48. The molecule has 1 amide bonds. The highest BCUT2D eigenvalue weighted by Gasteiger charge is 2.13. The average Bonchev–Trinajstić information content (AvgIpc) is 3.05. The number of rotatable bonds is 8. The van der Waals surface area contributed by atoms with Crippen LogP contribution < -0.4 is 5.73 Å². The van der Waals surface area contributed by atoms with Gasteiger partial charge < -0.3 is 15.6 Å². The maximum Gasteiger partial charge on any atom is 0.222 e. The van der Waals surface area contributed by atoms with Crippen LogP contribution in [0, 0.1) is 0 Å². The molecule has 0 aliphatic heterocycles. The van der Waals surface area contributed by atoms with Crippen molar-refractivity contribution in [3.63, 3.8) is 0 Å². The molecule has 0 spiro atoms. The van der Waals surface area contributed by atoms with Crippen LogP contribution in [0.25, 0.3) is 10.9 Å². The van der Waals surface area contributed by atoms with Gasteiger partial charge in [0.05, 0.1) is 0 Å². The fraction of sp³-hybridized carbons (Fsp3) is 0.286. The zero-order chi connectivity index (χ0) is 17.5. The molecule has 0 saturated heterocycles. The van der Waals surface area contributed by atoms with Gasteiger partial charge in [-0.3, -0.25) is 4.79 Å². The quantitative estimate of drug-likeness (QED) is 0.662. The molecule has 0 radical (unpaired) electrons. The van der Waals surface area contributed by atoms with Crippen LogP contribution in [0.3, 0.4) is 0 Å². The minimum Gasteiger partial charge on any atom is -0.361 e. The SMILES string of the molecule is NCCN(Cc1ccccc1)C(=O)CCCc1c[nH]c2ccccc12. The number of amides is 1. The predicted octanol–water partition coefficient (Wildman–Crippen LogP) is 3.48. The second kappa shape index (κ2) is 8.49. The summed E-state index contributed by atoms with van der Waals surface area (Å²) in [6, 6.07) is 18.3. The number of hydrogen-bond donors (Lipinski definition) is 2. The lowest BCUT2D eigenvalue weighted by Crippen LogP contribution is -2.34. The molecule has 1 aromatic heterocycles. The molecule has 1 heterocycles. The average molecular weight is 335 g/mol. The Labute approximate surface area is 148 Å². The summed E-state index contributed by atoms with van der Waals surface area (Å²) >= 11 is 0. The minimum absolute atomic E-state index is 0.175.